The largest absolute Gasteiger partial charge is 0.364 e. The molecule has 142 valence electrons. The molecule has 2 amide bonds. The fourth-order valence-electron chi connectivity index (χ4n) is 3.37. The summed E-state index contributed by atoms with van der Waals surface area (Å²) in [7, 11) is 0. The summed E-state index contributed by atoms with van der Waals surface area (Å²) >= 11 is 5.83. The highest BCUT2D eigenvalue weighted by Gasteiger charge is 2.19. The Labute approximate surface area is 167 Å². The molecule has 3 aromatic carbocycles. The summed E-state index contributed by atoms with van der Waals surface area (Å²) < 4.78 is 14.7. The van der Waals surface area contributed by atoms with Crippen LogP contribution in [0.15, 0.2) is 66.7 Å². The van der Waals surface area contributed by atoms with E-state index in [2.05, 4.69) is 22.8 Å². The zero-order chi connectivity index (χ0) is 19.5. The molecular weight excluding hydrogens is 377 g/mol. The molecule has 3 aromatic rings. The number of fused-ring (bicyclic) bond motifs is 1. The molecule has 0 aromatic heterocycles. The van der Waals surface area contributed by atoms with Gasteiger partial charge in [-0.3, -0.25) is 0 Å². The van der Waals surface area contributed by atoms with Crippen LogP contribution < -0.4 is 15.5 Å². The molecule has 0 unspecified atom stereocenters. The van der Waals surface area contributed by atoms with Gasteiger partial charge >= 0.3 is 6.03 Å². The second-order valence-corrected chi connectivity index (χ2v) is 7.13. The van der Waals surface area contributed by atoms with Gasteiger partial charge < -0.3 is 15.5 Å². The van der Waals surface area contributed by atoms with Crippen LogP contribution in [0.5, 0.6) is 0 Å². The molecule has 0 spiro atoms. The van der Waals surface area contributed by atoms with Crippen LogP contribution in [0.3, 0.4) is 0 Å². The van der Waals surface area contributed by atoms with Crippen LogP contribution in [-0.2, 0) is 13.0 Å². The number of halogens is 2. The van der Waals surface area contributed by atoms with Gasteiger partial charge in [0, 0.05) is 29.5 Å². The number of benzene rings is 3. The van der Waals surface area contributed by atoms with Crippen molar-refractivity contribution >= 4 is 34.7 Å². The van der Waals surface area contributed by atoms with Crippen LogP contribution >= 0.6 is 11.6 Å². The van der Waals surface area contributed by atoms with Crippen molar-refractivity contribution in [2.45, 2.75) is 13.0 Å². The third-order valence-corrected chi connectivity index (χ3v) is 5.03. The third-order valence-electron chi connectivity index (χ3n) is 4.78. The molecule has 2 N–H and O–H groups in total. The van der Waals surface area contributed by atoms with E-state index in [9.17, 15) is 9.18 Å². The van der Waals surface area contributed by atoms with Gasteiger partial charge in [0.25, 0.3) is 0 Å². The standard InChI is InChI=1S/C22H19ClFN3O/c23-17-5-7-18(8-6-17)25-22(28)26-19-9-10-21(20(24)13-19)27-12-11-15-3-1-2-4-16(15)14-27/h1-10,13H,11-12,14H2,(H2,25,26,28). The van der Waals surface area contributed by atoms with E-state index in [1.165, 1.54) is 17.2 Å². The van der Waals surface area contributed by atoms with Crippen molar-refractivity contribution < 1.29 is 9.18 Å². The first-order valence-corrected chi connectivity index (χ1v) is 9.41. The number of carbonyl (C=O) groups is 1. The summed E-state index contributed by atoms with van der Waals surface area (Å²) in [4.78, 5) is 14.1. The van der Waals surface area contributed by atoms with E-state index in [4.69, 9.17) is 11.6 Å². The SMILES string of the molecule is O=C(Nc1ccc(Cl)cc1)Nc1ccc(N2CCc3ccccc3C2)c(F)c1. The zero-order valence-electron chi connectivity index (χ0n) is 15.1. The van der Waals surface area contributed by atoms with Gasteiger partial charge in [0.05, 0.1) is 5.69 Å². The van der Waals surface area contributed by atoms with Crippen molar-refractivity contribution in [2.24, 2.45) is 0 Å². The predicted octanol–water partition coefficient (Wildman–Crippen LogP) is 5.69. The second-order valence-electron chi connectivity index (χ2n) is 6.69. The van der Waals surface area contributed by atoms with E-state index in [1.54, 1.807) is 36.4 Å². The van der Waals surface area contributed by atoms with Gasteiger partial charge in [-0.25, -0.2) is 9.18 Å². The van der Waals surface area contributed by atoms with Gasteiger partial charge in [0.15, 0.2) is 0 Å². The molecule has 0 fully saturated rings. The number of nitrogens with zero attached hydrogens (tertiary/aromatic N) is 1. The molecule has 0 saturated heterocycles. The lowest BCUT2D eigenvalue weighted by Gasteiger charge is -2.31. The molecule has 0 aliphatic carbocycles. The Hall–Kier alpha value is -3.05. The predicted molar refractivity (Wildman–Crippen MR) is 112 cm³/mol. The van der Waals surface area contributed by atoms with Gasteiger partial charge in [0.1, 0.15) is 5.82 Å². The van der Waals surface area contributed by atoms with E-state index in [0.29, 0.717) is 28.6 Å². The molecule has 1 aliphatic heterocycles. The number of carbonyl (C=O) groups excluding carboxylic acids is 1. The van der Waals surface area contributed by atoms with E-state index >= 15 is 0 Å². The molecule has 4 rings (SSSR count). The topological polar surface area (TPSA) is 44.4 Å². The van der Waals surface area contributed by atoms with Crippen LogP contribution in [0.1, 0.15) is 11.1 Å². The van der Waals surface area contributed by atoms with Crippen molar-refractivity contribution in [3.05, 3.63) is 88.7 Å². The minimum Gasteiger partial charge on any atom is -0.364 e. The lowest BCUT2D eigenvalue weighted by molar-refractivity contribution is 0.262. The average Bonchev–Trinajstić information content (AvgIpc) is 2.69. The lowest BCUT2D eigenvalue weighted by Crippen LogP contribution is -2.31. The number of nitrogens with one attached hydrogen (secondary N) is 2. The highest BCUT2D eigenvalue weighted by Crippen LogP contribution is 2.28. The number of hydrogen-bond acceptors (Lipinski definition) is 2. The molecule has 0 saturated carbocycles. The van der Waals surface area contributed by atoms with Gasteiger partial charge in [-0.2, -0.15) is 0 Å². The highest BCUT2D eigenvalue weighted by molar-refractivity contribution is 6.30. The maximum atomic E-state index is 14.7. The molecule has 0 bridgehead atoms. The summed E-state index contributed by atoms with van der Waals surface area (Å²) in [6, 6.07) is 19.3. The van der Waals surface area contributed by atoms with Crippen molar-refractivity contribution in [1.82, 2.24) is 0 Å². The van der Waals surface area contributed by atoms with Crippen molar-refractivity contribution in [3.63, 3.8) is 0 Å². The molecule has 0 radical (unpaired) electrons. The minimum absolute atomic E-state index is 0.358. The first-order chi connectivity index (χ1) is 13.6. The first-order valence-electron chi connectivity index (χ1n) is 9.03. The summed E-state index contributed by atoms with van der Waals surface area (Å²) in [6.45, 7) is 1.44. The van der Waals surface area contributed by atoms with Gasteiger partial charge in [-0.1, -0.05) is 35.9 Å². The van der Waals surface area contributed by atoms with Crippen LogP contribution in [0, 0.1) is 5.82 Å². The monoisotopic (exact) mass is 395 g/mol. The Kier molecular flexibility index (Phi) is 5.17. The van der Waals surface area contributed by atoms with Crippen LogP contribution in [-0.4, -0.2) is 12.6 Å². The van der Waals surface area contributed by atoms with E-state index < -0.39 is 6.03 Å². The lowest BCUT2D eigenvalue weighted by atomic mass is 9.99. The Bertz CT molecular complexity index is 1010. The van der Waals surface area contributed by atoms with Crippen molar-refractivity contribution in [1.29, 1.82) is 0 Å². The highest BCUT2D eigenvalue weighted by atomic mass is 35.5. The number of rotatable bonds is 3. The number of hydrogen-bond donors (Lipinski definition) is 2. The van der Waals surface area contributed by atoms with Gasteiger partial charge in [0.2, 0.25) is 0 Å². The van der Waals surface area contributed by atoms with Crippen LogP contribution in [0.2, 0.25) is 5.02 Å². The molecule has 1 heterocycles. The Balaban J connectivity index is 1.43. The summed E-state index contributed by atoms with van der Waals surface area (Å²) in [5.41, 5.74) is 4.07. The normalized spacial score (nSPS) is 13.0. The Morgan fingerprint density at radius 1 is 0.929 bits per heavy atom. The molecule has 4 nitrogen and oxygen atoms in total. The van der Waals surface area contributed by atoms with E-state index in [1.807, 2.05) is 17.0 Å². The summed E-state index contributed by atoms with van der Waals surface area (Å²) in [6.07, 6.45) is 0.888. The van der Waals surface area contributed by atoms with E-state index in [0.717, 1.165) is 13.0 Å². The maximum Gasteiger partial charge on any atom is 0.323 e. The number of anilines is 3. The quantitative estimate of drug-likeness (QED) is 0.598. The van der Waals surface area contributed by atoms with Gasteiger partial charge in [-0.15, -0.1) is 0 Å². The smallest absolute Gasteiger partial charge is 0.323 e. The first kappa shape index (κ1) is 18.3. The van der Waals surface area contributed by atoms with Gasteiger partial charge in [-0.05, 0) is 60.0 Å². The number of urea groups is 1. The summed E-state index contributed by atoms with van der Waals surface area (Å²) in [5, 5.41) is 5.92. The molecule has 28 heavy (non-hydrogen) atoms. The minimum atomic E-state index is -0.443. The molecule has 1 aliphatic rings. The fourth-order valence-corrected chi connectivity index (χ4v) is 3.50. The molecular formula is C22H19ClFN3O. The second kappa shape index (κ2) is 7.90. The Morgan fingerprint density at radius 2 is 1.61 bits per heavy atom. The summed E-state index contributed by atoms with van der Waals surface area (Å²) in [5.74, 6) is -0.358. The average molecular weight is 396 g/mol. The number of amides is 2. The molecule has 6 heteroatoms. The van der Waals surface area contributed by atoms with Crippen LogP contribution in [0.4, 0.5) is 26.2 Å². The zero-order valence-corrected chi connectivity index (χ0v) is 15.8. The molecule has 0 atom stereocenters. The van der Waals surface area contributed by atoms with Crippen LogP contribution in [0.25, 0.3) is 0 Å². The van der Waals surface area contributed by atoms with Crippen molar-refractivity contribution in [2.75, 3.05) is 22.1 Å². The Morgan fingerprint density at radius 3 is 2.36 bits per heavy atom. The maximum absolute atomic E-state index is 14.7. The van der Waals surface area contributed by atoms with Crippen molar-refractivity contribution in [3.8, 4) is 0 Å². The third kappa shape index (κ3) is 4.10. The fraction of sp³-hybridized carbons (Fsp3) is 0.136. The van der Waals surface area contributed by atoms with E-state index in [-0.39, 0.29) is 5.82 Å².